The number of carbonyl (C=O) groups excluding carboxylic acids is 2. The molecule has 0 aliphatic heterocycles. The van der Waals surface area contributed by atoms with Gasteiger partial charge in [-0.25, -0.2) is 0 Å². The summed E-state index contributed by atoms with van der Waals surface area (Å²) in [5.74, 6) is -0.298. The molecule has 1 aliphatic carbocycles. The number of hydrogen-bond donors (Lipinski definition) is 3. The van der Waals surface area contributed by atoms with Crippen molar-refractivity contribution >= 4 is 11.8 Å². The van der Waals surface area contributed by atoms with Crippen molar-refractivity contribution in [2.45, 2.75) is 37.8 Å². The summed E-state index contributed by atoms with van der Waals surface area (Å²) in [5, 5.41) is 12.7. The second-order valence-electron chi connectivity index (χ2n) is 5.21. The quantitative estimate of drug-likeness (QED) is 0.739. The number of carbonyl (C=O) groups is 2. The fraction of sp³-hybridized carbons (Fsp3) is 0.467. The van der Waals surface area contributed by atoms with Crippen molar-refractivity contribution in [3.63, 3.8) is 0 Å². The molecule has 0 bridgehead atoms. The van der Waals surface area contributed by atoms with Gasteiger partial charge in [0.2, 0.25) is 0 Å². The normalized spacial score (nSPS) is 21.6. The highest BCUT2D eigenvalue weighted by Gasteiger charge is 2.24. The van der Waals surface area contributed by atoms with Crippen LogP contribution in [0.4, 0.5) is 0 Å². The van der Waals surface area contributed by atoms with Crippen molar-refractivity contribution in [3.8, 4) is 5.75 Å². The van der Waals surface area contributed by atoms with E-state index in [0.717, 1.165) is 25.7 Å². The molecule has 1 aromatic carbocycles. The average Bonchev–Trinajstić information content (AvgIpc) is 2.48. The number of primary amides is 1. The number of benzene rings is 1. The van der Waals surface area contributed by atoms with E-state index in [9.17, 15) is 14.7 Å². The maximum absolute atomic E-state index is 12.1. The zero-order chi connectivity index (χ0) is 15.2. The first-order valence-electron chi connectivity index (χ1n) is 7.06. The van der Waals surface area contributed by atoms with Crippen molar-refractivity contribution in [2.24, 2.45) is 5.73 Å². The molecule has 114 valence electrons. The minimum absolute atomic E-state index is 0.183. The van der Waals surface area contributed by atoms with Gasteiger partial charge in [0.1, 0.15) is 5.75 Å². The summed E-state index contributed by atoms with van der Waals surface area (Å²) in [7, 11) is 0. The van der Waals surface area contributed by atoms with E-state index in [-0.39, 0.29) is 18.6 Å². The molecule has 1 saturated carbocycles. The van der Waals surface area contributed by atoms with Crippen LogP contribution in [0.2, 0.25) is 0 Å². The molecule has 4 N–H and O–H groups in total. The molecule has 2 amide bonds. The molecule has 21 heavy (non-hydrogen) atoms. The molecule has 0 saturated heterocycles. The van der Waals surface area contributed by atoms with E-state index >= 15 is 0 Å². The molecule has 1 aromatic rings. The maximum atomic E-state index is 12.1. The predicted octanol–water partition coefficient (Wildman–Crippen LogP) is 0.584. The van der Waals surface area contributed by atoms with Gasteiger partial charge in [0.25, 0.3) is 11.8 Å². The summed E-state index contributed by atoms with van der Waals surface area (Å²) in [6.45, 7) is -0.195. The van der Waals surface area contributed by atoms with Crippen LogP contribution in [0.1, 0.15) is 36.0 Å². The number of rotatable bonds is 5. The van der Waals surface area contributed by atoms with Gasteiger partial charge in [-0.1, -0.05) is 12.8 Å². The lowest BCUT2D eigenvalue weighted by Crippen LogP contribution is -2.45. The van der Waals surface area contributed by atoms with Crippen molar-refractivity contribution < 1.29 is 19.4 Å². The third-order valence-corrected chi connectivity index (χ3v) is 3.54. The van der Waals surface area contributed by atoms with Crippen molar-refractivity contribution in [1.29, 1.82) is 0 Å². The first-order valence-corrected chi connectivity index (χ1v) is 7.06. The summed E-state index contributed by atoms with van der Waals surface area (Å²) in [5.41, 5.74) is 5.47. The van der Waals surface area contributed by atoms with Gasteiger partial charge in [-0.3, -0.25) is 9.59 Å². The molecule has 2 atom stereocenters. The van der Waals surface area contributed by atoms with Gasteiger partial charge in [-0.2, -0.15) is 0 Å². The Hall–Kier alpha value is -2.08. The molecule has 0 spiro atoms. The Balaban J connectivity index is 1.91. The molecule has 2 unspecified atom stereocenters. The lowest BCUT2D eigenvalue weighted by molar-refractivity contribution is -0.119. The standard InChI is InChI=1S/C15H20N2O4/c16-14(19)9-21-11-7-5-10(6-8-11)15(20)17-12-3-1-2-4-13(12)18/h5-8,12-13,18H,1-4,9H2,(H2,16,19)(H,17,20). The summed E-state index contributed by atoms with van der Waals surface area (Å²) >= 11 is 0. The Labute approximate surface area is 123 Å². The zero-order valence-corrected chi connectivity index (χ0v) is 11.7. The lowest BCUT2D eigenvalue weighted by atomic mass is 9.92. The van der Waals surface area contributed by atoms with E-state index in [1.54, 1.807) is 24.3 Å². The topological polar surface area (TPSA) is 102 Å². The highest BCUT2D eigenvalue weighted by molar-refractivity contribution is 5.94. The predicted molar refractivity (Wildman–Crippen MR) is 76.9 cm³/mol. The molecular weight excluding hydrogens is 272 g/mol. The van der Waals surface area contributed by atoms with Gasteiger partial charge in [0.15, 0.2) is 6.61 Å². The summed E-state index contributed by atoms with van der Waals surface area (Å²) in [4.78, 5) is 22.7. The third-order valence-electron chi connectivity index (χ3n) is 3.54. The number of aliphatic hydroxyl groups excluding tert-OH is 1. The largest absolute Gasteiger partial charge is 0.484 e. The number of aliphatic hydroxyl groups is 1. The Morgan fingerprint density at radius 2 is 1.90 bits per heavy atom. The fourth-order valence-corrected chi connectivity index (χ4v) is 2.39. The molecule has 6 heteroatoms. The molecule has 1 aliphatic rings. The number of ether oxygens (including phenoxy) is 1. The average molecular weight is 292 g/mol. The minimum Gasteiger partial charge on any atom is -0.484 e. The van der Waals surface area contributed by atoms with Gasteiger partial charge in [0, 0.05) is 5.56 Å². The first kappa shape index (κ1) is 15.3. The Bertz CT molecular complexity index is 501. The third kappa shape index (κ3) is 4.46. The molecule has 1 fully saturated rings. The Morgan fingerprint density at radius 1 is 1.24 bits per heavy atom. The number of nitrogens with one attached hydrogen (secondary N) is 1. The molecule has 2 rings (SSSR count). The summed E-state index contributed by atoms with van der Waals surface area (Å²) in [6.07, 6.45) is 3.07. The van der Waals surface area contributed by atoms with Crippen molar-refractivity contribution in [1.82, 2.24) is 5.32 Å². The second-order valence-corrected chi connectivity index (χ2v) is 5.21. The van der Waals surface area contributed by atoms with E-state index in [1.807, 2.05) is 0 Å². The van der Waals surface area contributed by atoms with Crippen molar-refractivity contribution in [3.05, 3.63) is 29.8 Å². The van der Waals surface area contributed by atoms with Crippen LogP contribution in [-0.2, 0) is 4.79 Å². The molecule has 6 nitrogen and oxygen atoms in total. The van der Waals surface area contributed by atoms with E-state index in [0.29, 0.717) is 11.3 Å². The number of amides is 2. The Kier molecular flexibility index (Phi) is 5.16. The van der Waals surface area contributed by atoms with E-state index in [2.05, 4.69) is 5.32 Å². The van der Waals surface area contributed by atoms with Gasteiger partial charge < -0.3 is 20.9 Å². The maximum Gasteiger partial charge on any atom is 0.255 e. The first-order chi connectivity index (χ1) is 10.1. The highest BCUT2D eigenvalue weighted by atomic mass is 16.5. The molecule has 0 heterocycles. The van der Waals surface area contributed by atoms with Crippen LogP contribution >= 0.6 is 0 Å². The SMILES string of the molecule is NC(=O)COc1ccc(C(=O)NC2CCCCC2O)cc1. The van der Waals surface area contributed by atoms with Crippen LogP contribution < -0.4 is 15.8 Å². The molecule has 0 radical (unpaired) electrons. The smallest absolute Gasteiger partial charge is 0.255 e. The number of hydrogen-bond acceptors (Lipinski definition) is 4. The molecule has 0 aromatic heterocycles. The van der Waals surface area contributed by atoms with Gasteiger partial charge in [0.05, 0.1) is 12.1 Å². The molecular formula is C15H20N2O4. The van der Waals surface area contributed by atoms with E-state index in [4.69, 9.17) is 10.5 Å². The lowest BCUT2D eigenvalue weighted by Gasteiger charge is -2.28. The minimum atomic E-state index is -0.553. The monoisotopic (exact) mass is 292 g/mol. The second kappa shape index (κ2) is 7.08. The summed E-state index contributed by atoms with van der Waals surface area (Å²) in [6, 6.07) is 6.25. The van der Waals surface area contributed by atoms with Crippen LogP contribution in [0.25, 0.3) is 0 Å². The van der Waals surface area contributed by atoms with E-state index in [1.165, 1.54) is 0 Å². The van der Waals surface area contributed by atoms with Crippen LogP contribution in [0, 0.1) is 0 Å². The van der Waals surface area contributed by atoms with Gasteiger partial charge >= 0.3 is 0 Å². The van der Waals surface area contributed by atoms with Crippen molar-refractivity contribution in [2.75, 3.05) is 6.61 Å². The van der Waals surface area contributed by atoms with Gasteiger partial charge in [-0.15, -0.1) is 0 Å². The zero-order valence-electron chi connectivity index (χ0n) is 11.7. The van der Waals surface area contributed by atoms with Gasteiger partial charge in [-0.05, 0) is 37.1 Å². The van der Waals surface area contributed by atoms with E-state index < -0.39 is 12.0 Å². The summed E-state index contributed by atoms with van der Waals surface area (Å²) < 4.78 is 5.12. The van der Waals surface area contributed by atoms with Crippen LogP contribution in [-0.4, -0.2) is 35.7 Å². The van der Waals surface area contributed by atoms with Crippen LogP contribution in [0.15, 0.2) is 24.3 Å². The number of nitrogens with two attached hydrogens (primary N) is 1. The highest BCUT2D eigenvalue weighted by Crippen LogP contribution is 2.19. The Morgan fingerprint density at radius 3 is 2.52 bits per heavy atom. The fourth-order valence-electron chi connectivity index (χ4n) is 2.39. The van der Waals surface area contributed by atoms with Crippen LogP contribution in [0.3, 0.4) is 0 Å². The van der Waals surface area contributed by atoms with Crippen LogP contribution in [0.5, 0.6) is 5.75 Å².